The normalized spacial score (nSPS) is 21.3. The molecule has 2 rings (SSSR count). The van der Waals surface area contributed by atoms with Crippen LogP contribution in [0.2, 0.25) is 0 Å². The molecule has 122 valence electrons. The topological polar surface area (TPSA) is 27.7 Å². The first-order chi connectivity index (χ1) is 10.8. The van der Waals surface area contributed by atoms with Gasteiger partial charge < -0.3 is 14.2 Å². The molecule has 1 heterocycles. The zero-order valence-corrected chi connectivity index (χ0v) is 14.1. The van der Waals surface area contributed by atoms with Crippen molar-refractivity contribution in [2.24, 2.45) is 5.92 Å². The Kier molecular flexibility index (Phi) is 7.67. The van der Waals surface area contributed by atoms with E-state index < -0.39 is 0 Å². The van der Waals surface area contributed by atoms with Crippen LogP contribution in [-0.4, -0.2) is 25.3 Å². The lowest BCUT2D eigenvalue weighted by atomic mass is 10.0. The Balaban J connectivity index is 1.60. The molecule has 1 aliphatic rings. The van der Waals surface area contributed by atoms with Gasteiger partial charge in [-0.3, -0.25) is 0 Å². The van der Waals surface area contributed by atoms with E-state index in [-0.39, 0.29) is 6.29 Å². The molecular weight excluding hydrogens is 296 g/mol. The third-order valence-electron chi connectivity index (χ3n) is 3.58. The van der Waals surface area contributed by atoms with Gasteiger partial charge in [0.15, 0.2) is 0 Å². The standard InChI is InChI=1S/C18H26O3S/c1-3-4-12-19-15(2)21-18-11-10-16(13-20-18)14-22-17-8-6-5-7-9-17/h5-9,16,18H,2-4,10-14H2,1H3/t16-,18+/m1/s1. The molecule has 22 heavy (non-hydrogen) atoms. The van der Waals surface area contributed by atoms with Crippen LogP contribution in [-0.2, 0) is 14.2 Å². The fraction of sp³-hybridized carbons (Fsp3) is 0.556. The maximum absolute atomic E-state index is 5.78. The molecule has 1 aliphatic heterocycles. The van der Waals surface area contributed by atoms with E-state index >= 15 is 0 Å². The van der Waals surface area contributed by atoms with Crippen LogP contribution in [0.1, 0.15) is 32.6 Å². The number of hydrogen-bond acceptors (Lipinski definition) is 4. The molecule has 1 aromatic rings. The molecule has 0 aromatic heterocycles. The van der Waals surface area contributed by atoms with Gasteiger partial charge in [-0.15, -0.1) is 11.8 Å². The van der Waals surface area contributed by atoms with Crippen LogP contribution < -0.4 is 0 Å². The lowest BCUT2D eigenvalue weighted by Crippen LogP contribution is -2.29. The van der Waals surface area contributed by atoms with E-state index in [1.165, 1.54) is 4.90 Å². The van der Waals surface area contributed by atoms with Gasteiger partial charge in [-0.25, -0.2) is 0 Å². The Hall–Kier alpha value is -1.13. The van der Waals surface area contributed by atoms with Crippen LogP contribution in [0.15, 0.2) is 47.8 Å². The second kappa shape index (κ2) is 9.80. The van der Waals surface area contributed by atoms with E-state index in [0.717, 1.165) is 38.0 Å². The van der Waals surface area contributed by atoms with E-state index in [0.29, 0.717) is 18.5 Å². The molecule has 3 nitrogen and oxygen atoms in total. The monoisotopic (exact) mass is 322 g/mol. The quantitative estimate of drug-likeness (QED) is 0.369. The molecule has 0 amide bonds. The van der Waals surface area contributed by atoms with Crippen LogP contribution in [0.25, 0.3) is 0 Å². The van der Waals surface area contributed by atoms with Gasteiger partial charge in [0.2, 0.25) is 6.29 Å². The molecule has 0 aliphatic carbocycles. The van der Waals surface area contributed by atoms with Crippen molar-refractivity contribution in [2.45, 2.75) is 43.8 Å². The molecule has 0 saturated carbocycles. The van der Waals surface area contributed by atoms with E-state index in [9.17, 15) is 0 Å². The number of hydrogen-bond donors (Lipinski definition) is 0. The van der Waals surface area contributed by atoms with E-state index in [1.807, 2.05) is 17.8 Å². The average Bonchev–Trinajstić information content (AvgIpc) is 2.55. The van der Waals surface area contributed by atoms with Crippen molar-refractivity contribution in [1.82, 2.24) is 0 Å². The van der Waals surface area contributed by atoms with E-state index in [4.69, 9.17) is 14.2 Å². The summed E-state index contributed by atoms with van der Waals surface area (Å²) in [6.07, 6.45) is 3.94. The molecule has 0 spiro atoms. The highest BCUT2D eigenvalue weighted by Gasteiger charge is 2.23. The predicted octanol–water partition coefficient (Wildman–Crippen LogP) is 4.84. The number of benzene rings is 1. The van der Waals surface area contributed by atoms with Crippen molar-refractivity contribution < 1.29 is 14.2 Å². The Morgan fingerprint density at radius 2 is 2.14 bits per heavy atom. The van der Waals surface area contributed by atoms with Gasteiger partial charge in [-0.2, -0.15) is 0 Å². The summed E-state index contributed by atoms with van der Waals surface area (Å²) in [5, 5.41) is 0. The minimum atomic E-state index is -0.202. The predicted molar refractivity (Wildman–Crippen MR) is 90.7 cm³/mol. The minimum absolute atomic E-state index is 0.202. The lowest BCUT2D eigenvalue weighted by molar-refractivity contribution is -0.177. The molecule has 0 N–H and O–H groups in total. The molecule has 4 heteroatoms. The molecule has 1 aromatic carbocycles. The second-order valence-corrected chi connectivity index (χ2v) is 6.62. The highest BCUT2D eigenvalue weighted by Crippen LogP contribution is 2.27. The molecular formula is C18H26O3S. The maximum atomic E-state index is 5.78. The SMILES string of the molecule is C=C(OCCCC)O[C@H]1CC[C@@H](CSc2ccccc2)CO1. The highest BCUT2D eigenvalue weighted by atomic mass is 32.2. The van der Waals surface area contributed by atoms with Crippen molar-refractivity contribution in [3.63, 3.8) is 0 Å². The summed E-state index contributed by atoms with van der Waals surface area (Å²) in [6, 6.07) is 10.5. The fourth-order valence-corrected chi connectivity index (χ4v) is 3.29. The zero-order valence-electron chi connectivity index (χ0n) is 13.3. The molecule has 0 radical (unpaired) electrons. The summed E-state index contributed by atoms with van der Waals surface area (Å²) in [4.78, 5) is 1.32. The van der Waals surface area contributed by atoms with Crippen molar-refractivity contribution in [1.29, 1.82) is 0 Å². The molecule has 0 unspecified atom stereocenters. The van der Waals surface area contributed by atoms with Crippen molar-refractivity contribution in [2.75, 3.05) is 19.0 Å². The van der Waals surface area contributed by atoms with Crippen molar-refractivity contribution >= 4 is 11.8 Å². The minimum Gasteiger partial charge on any atom is -0.466 e. The number of ether oxygens (including phenoxy) is 3. The average molecular weight is 322 g/mol. The Bertz CT molecular complexity index is 427. The number of unbranched alkanes of at least 4 members (excludes halogenated alkanes) is 1. The van der Waals surface area contributed by atoms with Crippen LogP contribution >= 0.6 is 11.8 Å². The Morgan fingerprint density at radius 1 is 1.32 bits per heavy atom. The Labute approximate surface area is 138 Å². The highest BCUT2D eigenvalue weighted by molar-refractivity contribution is 7.99. The maximum Gasteiger partial charge on any atom is 0.273 e. The summed E-state index contributed by atoms with van der Waals surface area (Å²) in [6.45, 7) is 7.32. The largest absolute Gasteiger partial charge is 0.466 e. The van der Waals surface area contributed by atoms with Crippen LogP contribution in [0.3, 0.4) is 0 Å². The Morgan fingerprint density at radius 3 is 2.82 bits per heavy atom. The molecule has 1 saturated heterocycles. The number of thioether (sulfide) groups is 1. The van der Waals surface area contributed by atoms with Crippen molar-refractivity contribution in [3.05, 3.63) is 42.9 Å². The molecule has 1 fully saturated rings. The summed E-state index contributed by atoms with van der Waals surface area (Å²) in [7, 11) is 0. The molecule has 0 bridgehead atoms. The van der Waals surface area contributed by atoms with Gasteiger partial charge in [-0.05, 0) is 37.5 Å². The van der Waals surface area contributed by atoms with Gasteiger partial charge in [0.1, 0.15) is 0 Å². The first-order valence-electron chi connectivity index (χ1n) is 8.05. The van der Waals surface area contributed by atoms with Crippen LogP contribution in [0.5, 0.6) is 0 Å². The fourth-order valence-electron chi connectivity index (χ4n) is 2.25. The summed E-state index contributed by atoms with van der Waals surface area (Å²) >= 11 is 1.89. The summed E-state index contributed by atoms with van der Waals surface area (Å²) in [5.74, 6) is 2.06. The first kappa shape index (κ1) is 17.2. The third kappa shape index (κ3) is 6.32. The van der Waals surface area contributed by atoms with Crippen LogP contribution in [0, 0.1) is 5.92 Å². The van der Waals surface area contributed by atoms with Gasteiger partial charge >= 0.3 is 0 Å². The molecule has 2 atom stereocenters. The van der Waals surface area contributed by atoms with E-state index in [2.05, 4.69) is 37.8 Å². The van der Waals surface area contributed by atoms with Gasteiger partial charge in [0, 0.05) is 17.1 Å². The summed E-state index contributed by atoms with van der Waals surface area (Å²) in [5.41, 5.74) is 0. The smallest absolute Gasteiger partial charge is 0.273 e. The second-order valence-electron chi connectivity index (χ2n) is 5.52. The van der Waals surface area contributed by atoms with Crippen molar-refractivity contribution in [3.8, 4) is 0 Å². The zero-order chi connectivity index (χ0) is 15.6. The lowest BCUT2D eigenvalue weighted by Gasteiger charge is -2.29. The van der Waals surface area contributed by atoms with Gasteiger partial charge in [0.25, 0.3) is 5.95 Å². The van der Waals surface area contributed by atoms with E-state index in [1.54, 1.807) is 0 Å². The summed E-state index contributed by atoms with van der Waals surface area (Å²) < 4.78 is 16.8. The van der Waals surface area contributed by atoms with Crippen LogP contribution in [0.4, 0.5) is 0 Å². The third-order valence-corrected chi connectivity index (χ3v) is 4.82. The first-order valence-corrected chi connectivity index (χ1v) is 9.04. The van der Waals surface area contributed by atoms with Gasteiger partial charge in [-0.1, -0.05) is 31.5 Å². The van der Waals surface area contributed by atoms with Gasteiger partial charge in [0.05, 0.1) is 13.2 Å². The number of rotatable bonds is 9.